The molecule has 1 heterocycles. The van der Waals surface area contributed by atoms with Crippen molar-refractivity contribution in [1.29, 1.82) is 0 Å². The number of rotatable bonds is 4. The van der Waals surface area contributed by atoms with Gasteiger partial charge in [0.15, 0.2) is 0 Å². The molecule has 0 spiro atoms. The van der Waals surface area contributed by atoms with E-state index in [2.05, 4.69) is 29.2 Å². The first-order valence-electron chi connectivity index (χ1n) is 8.96. The van der Waals surface area contributed by atoms with Gasteiger partial charge in [-0.1, -0.05) is 60.1 Å². The summed E-state index contributed by atoms with van der Waals surface area (Å²) in [6.07, 6.45) is 0. The van der Waals surface area contributed by atoms with Crippen LogP contribution in [0.2, 0.25) is 0 Å². The molecule has 1 fully saturated rings. The molecule has 4 nitrogen and oxygen atoms in total. The second kappa shape index (κ2) is 8.07. The highest BCUT2D eigenvalue weighted by Gasteiger charge is 2.33. The van der Waals surface area contributed by atoms with Gasteiger partial charge in [-0.2, -0.15) is 0 Å². The van der Waals surface area contributed by atoms with Crippen molar-refractivity contribution in [3.05, 3.63) is 96.3 Å². The van der Waals surface area contributed by atoms with Crippen molar-refractivity contribution in [3.63, 3.8) is 0 Å². The first-order valence-corrected chi connectivity index (χ1v) is 9.75. The molecule has 3 aromatic carbocycles. The van der Waals surface area contributed by atoms with E-state index >= 15 is 0 Å². The van der Waals surface area contributed by atoms with Gasteiger partial charge in [-0.25, -0.2) is 0 Å². The number of benzene rings is 3. The number of carbonyl (C=O) groups excluding carboxylic acids is 1. The van der Waals surface area contributed by atoms with Crippen LogP contribution in [0.5, 0.6) is 0 Å². The number of likely N-dealkylation sites (N-methyl/N-ethyl adjacent to an activating group) is 1. The third kappa shape index (κ3) is 3.75. The first-order chi connectivity index (χ1) is 14.1. The molecule has 1 saturated heterocycles. The lowest BCUT2D eigenvalue weighted by Crippen LogP contribution is -2.23. The molecule has 0 saturated carbocycles. The third-order valence-corrected chi connectivity index (χ3v) is 5.32. The number of amides is 1. The van der Waals surface area contributed by atoms with Crippen LogP contribution in [0.1, 0.15) is 5.56 Å². The monoisotopic (exact) mass is 420 g/mol. The van der Waals surface area contributed by atoms with Gasteiger partial charge in [0.1, 0.15) is 0 Å². The Bertz CT molecular complexity index is 1040. The zero-order valence-electron chi connectivity index (χ0n) is 15.6. The summed E-state index contributed by atoms with van der Waals surface area (Å²) < 4.78 is 5.36. The van der Waals surface area contributed by atoms with Crippen molar-refractivity contribution in [2.45, 2.75) is 0 Å². The Kier molecular flexibility index (Phi) is 5.34. The predicted octanol–water partition coefficient (Wildman–Crippen LogP) is 5.84. The molecule has 4 rings (SSSR count). The van der Waals surface area contributed by atoms with Crippen molar-refractivity contribution in [1.82, 2.24) is 4.90 Å². The summed E-state index contributed by atoms with van der Waals surface area (Å²) in [6.45, 7) is 0. The van der Waals surface area contributed by atoms with Crippen molar-refractivity contribution in [2.24, 2.45) is 0 Å². The lowest BCUT2D eigenvalue weighted by Gasteiger charge is -2.25. The van der Waals surface area contributed by atoms with Crippen molar-refractivity contribution >= 4 is 57.0 Å². The number of hydrogen-bond donors (Lipinski definition) is 0. The predicted molar refractivity (Wildman–Crippen MR) is 120 cm³/mol. The lowest BCUT2D eigenvalue weighted by molar-refractivity contribution is -0.122. The summed E-state index contributed by atoms with van der Waals surface area (Å²) in [7, 11) is 1.56. The molecule has 1 aliphatic rings. The van der Waals surface area contributed by atoms with Crippen LogP contribution in [0.25, 0.3) is 5.03 Å². The van der Waals surface area contributed by atoms with Crippen molar-refractivity contribution in [2.75, 3.05) is 11.9 Å². The standard InChI is InChI=1S/C23H17ClN2O2S/c1-25-22(27)21(28-23(25)29)20(24)16-12-14-19(15-13-16)26(17-8-4-2-5-9-17)18-10-6-3-7-11-18/h2-15H,1H3/b21-20+. The topological polar surface area (TPSA) is 32.8 Å². The van der Waals surface area contributed by atoms with Crippen molar-refractivity contribution in [3.8, 4) is 0 Å². The number of thiocarbonyl (C=S) groups is 1. The smallest absolute Gasteiger partial charge is 0.298 e. The van der Waals surface area contributed by atoms with E-state index in [1.165, 1.54) is 4.90 Å². The van der Waals surface area contributed by atoms with Gasteiger partial charge in [0.25, 0.3) is 11.1 Å². The van der Waals surface area contributed by atoms with Crippen molar-refractivity contribution < 1.29 is 9.53 Å². The van der Waals surface area contributed by atoms with Crippen LogP contribution in [0, 0.1) is 0 Å². The molecule has 1 aliphatic heterocycles. The molecule has 1 amide bonds. The Labute approximate surface area is 179 Å². The van der Waals surface area contributed by atoms with Crippen LogP contribution < -0.4 is 4.90 Å². The lowest BCUT2D eigenvalue weighted by atomic mass is 10.1. The van der Waals surface area contributed by atoms with Crippen LogP contribution >= 0.6 is 23.8 Å². The number of ether oxygens (including phenoxy) is 1. The molecule has 0 atom stereocenters. The van der Waals surface area contributed by atoms with Crippen LogP contribution in [0.4, 0.5) is 17.1 Å². The highest BCUT2D eigenvalue weighted by Crippen LogP contribution is 2.36. The zero-order chi connectivity index (χ0) is 20.4. The molecule has 0 N–H and O–H groups in total. The number of carbonyl (C=O) groups is 1. The third-order valence-electron chi connectivity index (χ3n) is 4.57. The summed E-state index contributed by atoms with van der Waals surface area (Å²) in [5, 5.41) is 0.332. The molecule has 6 heteroatoms. The largest absolute Gasteiger partial charge is 0.424 e. The van der Waals surface area contributed by atoms with Gasteiger partial charge >= 0.3 is 0 Å². The second-order valence-corrected chi connectivity index (χ2v) is 7.16. The maximum Gasteiger partial charge on any atom is 0.298 e. The van der Waals surface area contributed by atoms with Gasteiger partial charge in [-0.05, 0) is 54.2 Å². The maximum atomic E-state index is 12.2. The summed E-state index contributed by atoms with van der Waals surface area (Å²) in [6, 6.07) is 27.8. The van der Waals surface area contributed by atoms with Crippen LogP contribution in [0.15, 0.2) is 90.7 Å². The minimum absolute atomic E-state index is 0.0508. The molecule has 0 bridgehead atoms. The first kappa shape index (κ1) is 19.2. The Hall–Kier alpha value is -3.15. The van der Waals surface area contributed by atoms with Crippen LogP contribution in [-0.2, 0) is 9.53 Å². The molecule has 0 unspecified atom stereocenters. The molecule has 3 aromatic rings. The molecule has 0 radical (unpaired) electrons. The van der Waals surface area contributed by atoms with E-state index in [0.717, 1.165) is 17.1 Å². The fourth-order valence-corrected chi connectivity index (χ4v) is 3.47. The molecule has 0 aromatic heterocycles. The average molecular weight is 421 g/mol. The summed E-state index contributed by atoms with van der Waals surface area (Å²) in [5.74, 6) is -0.297. The molecular formula is C23H17ClN2O2S. The SMILES string of the molecule is CN1C(=O)/C(=C(\Cl)c2ccc(N(c3ccccc3)c3ccccc3)cc2)OC1=S. The molecule has 144 valence electrons. The molecule has 0 aliphatic carbocycles. The van der Waals surface area contributed by atoms with Gasteiger partial charge in [0.05, 0.1) is 5.03 Å². The molecule has 29 heavy (non-hydrogen) atoms. The van der Waals surface area contributed by atoms with E-state index in [1.807, 2.05) is 60.7 Å². The number of anilines is 3. The van der Waals surface area contributed by atoms with Gasteiger partial charge in [0.2, 0.25) is 5.76 Å². The average Bonchev–Trinajstić information content (AvgIpc) is 3.03. The Morgan fingerprint density at radius 1 is 0.862 bits per heavy atom. The van der Waals surface area contributed by atoms with E-state index in [0.29, 0.717) is 5.56 Å². The Balaban J connectivity index is 1.72. The van der Waals surface area contributed by atoms with Gasteiger partial charge in [-0.15, -0.1) is 0 Å². The minimum Gasteiger partial charge on any atom is -0.424 e. The number of halogens is 1. The fraction of sp³-hybridized carbons (Fsp3) is 0.0435. The van der Waals surface area contributed by atoms with E-state index in [4.69, 9.17) is 28.6 Å². The summed E-state index contributed by atoms with van der Waals surface area (Å²) >= 11 is 11.4. The van der Waals surface area contributed by atoms with E-state index in [-0.39, 0.29) is 21.9 Å². The fourth-order valence-electron chi connectivity index (χ4n) is 3.06. The quantitative estimate of drug-likeness (QED) is 0.392. The number of nitrogens with zero attached hydrogens (tertiary/aromatic N) is 2. The van der Waals surface area contributed by atoms with Crippen LogP contribution in [0.3, 0.4) is 0 Å². The van der Waals surface area contributed by atoms with Gasteiger partial charge in [-0.3, -0.25) is 9.69 Å². The minimum atomic E-state index is -0.348. The Morgan fingerprint density at radius 3 is 1.79 bits per heavy atom. The van der Waals surface area contributed by atoms with E-state index in [9.17, 15) is 4.79 Å². The van der Waals surface area contributed by atoms with Gasteiger partial charge in [0, 0.05) is 24.1 Å². The van der Waals surface area contributed by atoms with E-state index < -0.39 is 0 Å². The Morgan fingerprint density at radius 2 is 1.34 bits per heavy atom. The zero-order valence-corrected chi connectivity index (χ0v) is 17.2. The summed E-state index contributed by atoms with van der Waals surface area (Å²) in [4.78, 5) is 15.6. The maximum absolute atomic E-state index is 12.2. The van der Waals surface area contributed by atoms with Gasteiger partial charge < -0.3 is 9.64 Å². The number of para-hydroxylation sites is 2. The van der Waals surface area contributed by atoms with E-state index in [1.54, 1.807) is 7.05 Å². The highest BCUT2D eigenvalue weighted by molar-refractivity contribution is 7.80. The highest BCUT2D eigenvalue weighted by atomic mass is 35.5. The second-order valence-electron chi connectivity index (χ2n) is 6.43. The normalized spacial score (nSPS) is 15.3. The summed E-state index contributed by atoms with van der Waals surface area (Å²) in [5.41, 5.74) is 3.72. The molecular weight excluding hydrogens is 404 g/mol. The number of hydrogen-bond acceptors (Lipinski definition) is 4. The van der Waals surface area contributed by atoms with Crippen LogP contribution in [-0.4, -0.2) is 23.0 Å².